The van der Waals surface area contributed by atoms with Crippen LogP contribution in [0.15, 0.2) is 0 Å². The number of amides is 1. The van der Waals surface area contributed by atoms with Crippen LogP contribution in [0.25, 0.3) is 0 Å². The molecule has 1 saturated heterocycles. The first kappa shape index (κ1) is 18.4. The van der Waals surface area contributed by atoms with Crippen molar-refractivity contribution in [2.45, 2.75) is 44.4 Å². The smallest absolute Gasteiger partial charge is 0.408 e. The number of hydrogen-bond acceptors (Lipinski definition) is 6. The topological polar surface area (TPSA) is 105 Å². The van der Waals surface area contributed by atoms with Gasteiger partial charge < -0.3 is 24.7 Å². The molecule has 1 amide bonds. The average Bonchev–Trinajstić information content (AvgIpc) is 2.49. The third kappa shape index (κ3) is 6.40. The molecule has 2 atom stereocenters. The van der Waals surface area contributed by atoms with Crippen LogP contribution >= 0.6 is 0 Å². The standard InChI is InChI=1S/C14H24N2O6/c1-21-9-7-15-14(20)22-12-4-2-3-8-16(12)11(10-17)5-6-13(18)19/h10-12H,2-9H2,1H3,(H,15,20)(H,18,19). The number of ether oxygens (including phenoxy) is 2. The largest absolute Gasteiger partial charge is 0.481 e. The highest BCUT2D eigenvalue weighted by Crippen LogP contribution is 2.22. The Morgan fingerprint density at radius 3 is 2.86 bits per heavy atom. The number of methoxy groups -OCH3 is 1. The number of alkyl carbamates (subject to hydrolysis) is 1. The molecule has 1 rings (SSSR count). The molecule has 0 saturated carbocycles. The summed E-state index contributed by atoms with van der Waals surface area (Å²) in [4.78, 5) is 35.4. The van der Waals surface area contributed by atoms with Gasteiger partial charge in [-0.2, -0.15) is 0 Å². The zero-order valence-corrected chi connectivity index (χ0v) is 12.8. The van der Waals surface area contributed by atoms with Gasteiger partial charge >= 0.3 is 12.1 Å². The first-order chi connectivity index (χ1) is 10.6. The second kappa shape index (κ2) is 10.1. The molecule has 1 heterocycles. The first-order valence-corrected chi connectivity index (χ1v) is 7.44. The van der Waals surface area contributed by atoms with Crippen LogP contribution in [0.1, 0.15) is 32.1 Å². The molecular weight excluding hydrogens is 292 g/mol. The van der Waals surface area contributed by atoms with E-state index < -0.39 is 24.3 Å². The summed E-state index contributed by atoms with van der Waals surface area (Å²) >= 11 is 0. The zero-order chi connectivity index (χ0) is 16.4. The molecule has 1 fully saturated rings. The summed E-state index contributed by atoms with van der Waals surface area (Å²) in [5.41, 5.74) is 0. The fourth-order valence-electron chi connectivity index (χ4n) is 2.43. The molecule has 0 aliphatic carbocycles. The van der Waals surface area contributed by atoms with Crippen LogP contribution in [-0.4, -0.2) is 67.4 Å². The van der Waals surface area contributed by atoms with Crippen LogP contribution in [0.4, 0.5) is 4.79 Å². The maximum absolute atomic E-state index is 11.7. The van der Waals surface area contributed by atoms with Crippen molar-refractivity contribution in [2.75, 3.05) is 26.8 Å². The lowest BCUT2D eigenvalue weighted by molar-refractivity contribution is -0.138. The fourth-order valence-corrected chi connectivity index (χ4v) is 2.43. The van der Waals surface area contributed by atoms with Gasteiger partial charge in [0.15, 0.2) is 6.23 Å². The normalized spacial score (nSPS) is 20.1. The summed E-state index contributed by atoms with van der Waals surface area (Å²) < 4.78 is 10.2. The van der Waals surface area contributed by atoms with Crippen LogP contribution < -0.4 is 5.32 Å². The van der Waals surface area contributed by atoms with Crippen LogP contribution in [-0.2, 0) is 19.1 Å². The number of piperidine rings is 1. The highest BCUT2D eigenvalue weighted by Gasteiger charge is 2.31. The van der Waals surface area contributed by atoms with E-state index in [1.54, 1.807) is 4.90 Å². The van der Waals surface area contributed by atoms with E-state index in [2.05, 4.69) is 5.32 Å². The summed E-state index contributed by atoms with van der Waals surface area (Å²) in [6, 6.07) is -0.548. The van der Waals surface area contributed by atoms with Crippen molar-refractivity contribution in [2.24, 2.45) is 0 Å². The van der Waals surface area contributed by atoms with Crippen molar-refractivity contribution in [3.63, 3.8) is 0 Å². The molecule has 0 spiro atoms. The van der Waals surface area contributed by atoms with E-state index >= 15 is 0 Å². The summed E-state index contributed by atoms with van der Waals surface area (Å²) in [5, 5.41) is 11.3. The number of carbonyl (C=O) groups excluding carboxylic acids is 2. The molecule has 0 bridgehead atoms. The van der Waals surface area contributed by atoms with Crippen LogP contribution in [0.3, 0.4) is 0 Å². The molecule has 0 aromatic rings. The van der Waals surface area contributed by atoms with Crippen molar-refractivity contribution < 1.29 is 29.0 Å². The molecule has 0 aromatic carbocycles. The van der Waals surface area contributed by atoms with Gasteiger partial charge in [0.1, 0.15) is 6.29 Å². The number of nitrogens with one attached hydrogen (secondary N) is 1. The maximum atomic E-state index is 11.7. The maximum Gasteiger partial charge on any atom is 0.408 e. The highest BCUT2D eigenvalue weighted by molar-refractivity contribution is 5.68. The van der Waals surface area contributed by atoms with Crippen LogP contribution in [0.5, 0.6) is 0 Å². The Bertz CT molecular complexity index is 376. The summed E-state index contributed by atoms with van der Waals surface area (Å²) in [6.07, 6.45) is 2.22. The van der Waals surface area contributed by atoms with Gasteiger partial charge in [-0.15, -0.1) is 0 Å². The second-order valence-corrected chi connectivity index (χ2v) is 5.15. The van der Waals surface area contributed by atoms with E-state index in [-0.39, 0.29) is 12.8 Å². The molecule has 126 valence electrons. The van der Waals surface area contributed by atoms with Crippen molar-refractivity contribution >= 4 is 18.3 Å². The number of aldehydes is 1. The zero-order valence-electron chi connectivity index (χ0n) is 12.8. The Hall–Kier alpha value is -1.67. The van der Waals surface area contributed by atoms with Gasteiger partial charge in [0.05, 0.1) is 12.6 Å². The van der Waals surface area contributed by atoms with Crippen molar-refractivity contribution in [1.29, 1.82) is 0 Å². The van der Waals surface area contributed by atoms with Gasteiger partial charge in [0.2, 0.25) is 0 Å². The van der Waals surface area contributed by atoms with E-state index in [0.29, 0.717) is 26.1 Å². The Balaban J connectivity index is 2.55. The third-order valence-electron chi connectivity index (χ3n) is 3.54. The van der Waals surface area contributed by atoms with Crippen molar-refractivity contribution in [1.82, 2.24) is 10.2 Å². The molecular formula is C14H24N2O6. The van der Waals surface area contributed by atoms with E-state index in [4.69, 9.17) is 14.6 Å². The van der Waals surface area contributed by atoms with Crippen LogP contribution in [0, 0.1) is 0 Å². The SMILES string of the molecule is COCCNC(=O)OC1CCCCN1C(C=O)CCC(=O)O. The van der Waals surface area contributed by atoms with Gasteiger partial charge in [-0.25, -0.2) is 4.79 Å². The quantitative estimate of drug-likeness (QED) is 0.474. The summed E-state index contributed by atoms with van der Waals surface area (Å²) in [7, 11) is 1.53. The third-order valence-corrected chi connectivity index (χ3v) is 3.54. The summed E-state index contributed by atoms with van der Waals surface area (Å²) in [5.74, 6) is -0.946. The Morgan fingerprint density at radius 2 is 2.23 bits per heavy atom. The number of carbonyl (C=O) groups is 3. The van der Waals surface area contributed by atoms with Gasteiger partial charge in [0.25, 0.3) is 0 Å². The van der Waals surface area contributed by atoms with Gasteiger partial charge in [0, 0.05) is 26.6 Å². The average molecular weight is 316 g/mol. The molecule has 22 heavy (non-hydrogen) atoms. The van der Waals surface area contributed by atoms with E-state index in [1.165, 1.54) is 7.11 Å². The second-order valence-electron chi connectivity index (χ2n) is 5.15. The first-order valence-electron chi connectivity index (χ1n) is 7.44. The van der Waals surface area contributed by atoms with Crippen molar-refractivity contribution in [3.8, 4) is 0 Å². The lowest BCUT2D eigenvalue weighted by Gasteiger charge is -2.38. The minimum Gasteiger partial charge on any atom is -0.481 e. The number of carboxylic acids is 1. The lowest BCUT2D eigenvalue weighted by Crippen LogP contribution is -2.50. The van der Waals surface area contributed by atoms with Gasteiger partial charge in [-0.1, -0.05) is 0 Å². The Morgan fingerprint density at radius 1 is 1.45 bits per heavy atom. The van der Waals surface area contributed by atoms with Crippen molar-refractivity contribution in [3.05, 3.63) is 0 Å². The van der Waals surface area contributed by atoms with E-state index in [1.807, 2.05) is 0 Å². The van der Waals surface area contributed by atoms with Crippen LogP contribution in [0.2, 0.25) is 0 Å². The van der Waals surface area contributed by atoms with Gasteiger partial charge in [-0.05, 0) is 25.7 Å². The Kier molecular flexibility index (Phi) is 8.46. The molecule has 8 heteroatoms. The molecule has 8 nitrogen and oxygen atoms in total. The highest BCUT2D eigenvalue weighted by atomic mass is 16.6. The summed E-state index contributed by atoms with van der Waals surface area (Å²) in [6.45, 7) is 1.34. The number of rotatable bonds is 9. The number of carboxylic acid groups (broad SMARTS) is 1. The molecule has 2 N–H and O–H groups in total. The predicted octanol–water partition coefficient (Wildman–Crippen LogP) is 0.603. The van der Waals surface area contributed by atoms with E-state index in [9.17, 15) is 14.4 Å². The molecule has 2 unspecified atom stereocenters. The number of hydrogen-bond donors (Lipinski definition) is 2. The molecule has 0 aromatic heterocycles. The predicted molar refractivity (Wildman–Crippen MR) is 77.4 cm³/mol. The minimum atomic E-state index is -0.946. The number of likely N-dealkylation sites (tertiary alicyclic amines) is 1. The van der Waals surface area contributed by atoms with Gasteiger partial charge in [-0.3, -0.25) is 9.69 Å². The molecule has 0 radical (unpaired) electrons. The fraction of sp³-hybridized carbons (Fsp3) is 0.786. The molecule has 1 aliphatic heterocycles. The van der Waals surface area contributed by atoms with E-state index in [0.717, 1.165) is 19.1 Å². The number of nitrogens with zero attached hydrogens (tertiary/aromatic N) is 1. The lowest BCUT2D eigenvalue weighted by atomic mass is 10.0. The Labute approximate surface area is 129 Å². The monoisotopic (exact) mass is 316 g/mol. The molecule has 1 aliphatic rings. The minimum absolute atomic E-state index is 0.0906. The number of aliphatic carboxylic acids is 1.